The summed E-state index contributed by atoms with van der Waals surface area (Å²) in [5.74, 6) is -0.515. The number of aliphatic hydroxyl groups is 1. The maximum atomic E-state index is 13.1. The molecule has 0 bridgehead atoms. The highest BCUT2D eigenvalue weighted by Gasteiger charge is 2.19. The van der Waals surface area contributed by atoms with Crippen LogP contribution in [0.4, 0.5) is 4.39 Å². The first kappa shape index (κ1) is 10.1. The van der Waals surface area contributed by atoms with Crippen LogP contribution in [0.1, 0.15) is 25.1 Å². The molecule has 0 spiro atoms. The molecule has 0 radical (unpaired) electrons. The van der Waals surface area contributed by atoms with E-state index in [0.29, 0.717) is 6.42 Å². The Morgan fingerprint density at radius 2 is 2.38 bits per heavy atom. The molecule has 0 aliphatic rings. The number of pyridine rings is 1. The average molecular weight is 184 g/mol. The summed E-state index contributed by atoms with van der Waals surface area (Å²) in [6, 6.07) is 2.26. The molecule has 3 N–H and O–H groups in total. The molecule has 4 heteroatoms. The molecular formula is C9H13FN2O. The van der Waals surface area contributed by atoms with Gasteiger partial charge in [-0.15, -0.1) is 0 Å². The van der Waals surface area contributed by atoms with Crippen molar-refractivity contribution in [3.8, 4) is 0 Å². The average Bonchev–Trinajstić information content (AvgIpc) is 2.16. The normalized spacial score (nSPS) is 15.4. The van der Waals surface area contributed by atoms with Gasteiger partial charge in [0.05, 0.1) is 0 Å². The number of nitrogens with two attached hydrogens (primary N) is 1. The van der Waals surface area contributed by atoms with Gasteiger partial charge in [-0.3, -0.25) is 4.98 Å². The topological polar surface area (TPSA) is 59.1 Å². The van der Waals surface area contributed by atoms with Gasteiger partial charge in [0.1, 0.15) is 17.6 Å². The van der Waals surface area contributed by atoms with Gasteiger partial charge in [0.2, 0.25) is 0 Å². The maximum absolute atomic E-state index is 13.1. The smallest absolute Gasteiger partial charge is 0.147 e. The Labute approximate surface area is 76.4 Å². The fraction of sp³-hybridized carbons (Fsp3) is 0.444. The van der Waals surface area contributed by atoms with Crippen LogP contribution in [0, 0.1) is 5.82 Å². The predicted octanol–water partition coefficient (Wildman–Crippen LogP) is 0.991. The molecule has 1 aromatic heterocycles. The van der Waals surface area contributed by atoms with E-state index < -0.39 is 18.0 Å². The largest absolute Gasteiger partial charge is 0.385 e. The fourth-order valence-electron chi connectivity index (χ4n) is 1.04. The van der Waals surface area contributed by atoms with E-state index in [0.717, 1.165) is 0 Å². The van der Waals surface area contributed by atoms with Crippen molar-refractivity contribution < 1.29 is 9.50 Å². The lowest BCUT2D eigenvalue weighted by molar-refractivity contribution is 0.135. The number of rotatable bonds is 3. The van der Waals surface area contributed by atoms with Crippen molar-refractivity contribution in [1.82, 2.24) is 4.98 Å². The molecule has 0 saturated carbocycles. The minimum absolute atomic E-state index is 0.0249. The Morgan fingerprint density at radius 3 is 2.92 bits per heavy atom. The number of hydrogen-bond donors (Lipinski definition) is 2. The maximum Gasteiger partial charge on any atom is 0.147 e. The molecule has 0 aromatic carbocycles. The summed E-state index contributed by atoms with van der Waals surface area (Å²) in [5, 5.41) is 9.54. The quantitative estimate of drug-likeness (QED) is 0.736. The van der Waals surface area contributed by atoms with Crippen molar-refractivity contribution in [3.63, 3.8) is 0 Å². The Hall–Kier alpha value is -1.00. The van der Waals surface area contributed by atoms with Gasteiger partial charge in [-0.2, -0.15) is 0 Å². The van der Waals surface area contributed by atoms with Crippen molar-refractivity contribution in [2.45, 2.75) is 25.5 Å². The Kier molecular flexibility index (Phi) is 3.33. The number of nitrogens with zero attached hydrogens (tertiary/aromatic N) is 1. The minimum Gasteiger partial charge on any atom is -0.385 e. The number of hydrogen-bond acceptors (Lipinski definition) is 3. The lowest BCUT2D eigenvalue weighted by atomic mass is 10.1. The molecule has 1 aromatic rings. The highest BCUT2D eigenvalue weighted by molar-refractivity contribution is 5.11. The van der Waals surface area contributed by atoms with E-state index >= 15 is 0 Å². The second-order valence-corrected chi connectivity index (χ2v) is 2.89. The molecule has 3 nitrogen and oxygen atoms in total. The van der Waals surface area contributed by atoms with Crippen LogP contribution in [0.15, 0.2) is 18.3 Å². The van der Waals surface area contributed by atoms with Gasteiger partial charge in [0, 0.05) is 12.2 Å². The van der Waals surface area contributed by atoms with Crippen molar-refractivity contribution >= 4 is 0 Å². The lowest BCUT2D eigenvalue weighted by Gasteiger charge is -2.16. The van der Waals surface area contributed by atoms with Crippen molar-refractivity contribution in [1.29, 1.82) is 0 Å². The van der Waals surface area contributed by atoms with E-state index in [1.807, 2.05) is 6.92 Å². The summed E-state index contributed by atoms with van der Waals surface area (Å²) in [6.45, 7) is 1.83. The van der Waals surface area contributed by atoms with Crippen molar-refractivity contribution in [2.24, 2.45) is 5.73 Å². The zero-order valence-corrected chi connectivity index (χ0v) is 7.44. The summed E-state index contributed by atoms with van der Waals surface area (Å²) in [6.07, 6.45) is 0.993. The molecule has 1 heterocycles. The van der Waals surface area contributed by atoms with Crippen LogP contribution in [0.2, 0.25) is 0 Å². The van der Waals surface area contributed by atoms with Gasteiger partial charge in [-0.05, 0) is 18.6 Å². The van der Waals surface area contributed by atoms with Gasteiger partial charge < -0.3 is 10.8 Å². The zero-order valence-electron chi connectivity index (χ0n) is 7.44. The third kappa shape index (κ3) is 2.23. The Bertz CT molecular complexity index is 280. The van der Waals surface area contributed by atoms with Crippen LogP contribution in [0.3, 0.4) is 0 Å². The van der Waals surface area contributed by atoms with Crippen molar-refractivity contribution in [2.75, 3.05) is 0 Å². The summed E-state index contributed by atoms with van der Waals surface area (Å²) >= 11 is 0. The van der Waals surface area contributed by atoms with Gasteiger partial charge in [-0.1, -0.05) is 6.92 Å². The molecule has 0 amide bonds. The van der Waals surface area contributed by atoms with Crippen LogP contribution >= 0.6 is 0 Å². The number of halogens is 1. The van der Waals surface area contributed by atoms with Crippen LogP contribution in [0.25, 0.3) is 0 Å². The van der Waals surface area contributed by atoms with Crippen molar-refractivity contribution in [3.05, 3.63) is 29.8 Å². The SMILES string of the molecule is CC[C@H](N)[C@@H](O)c1ncccc1F. The zero-order chi connectivity index (χ0) is 9.84. The summed E-state index contributed by atoms with van der Waals surface area (Å²) < 4.78 is 13.1. The van der Waals surface area contributed by atoms with Gasteiger partial charge in [0.25, 0.3) is 0 Å². The van der Waals surface area contributed by atoms with Crippen LogP contribution in [-0.2, 0) is 0 Å². The summed E-state index contributed by atoms with van der Waals surface area (Å²) in [4.78, 5) is 3.74. The number of aromatic nitrogens is 1. The summed E-state index contributed by atoms with van der Waals surface area (Å²) in [5.41, 5.74) is 5.59. The standard InChI is InChI=1S/C9H13FN2O/c1-2-7(11)9(13)8-6(10)4-3-5-12-8/h3-5,7,9,13H,2,11H2,1H3/t7-,9+/m0/s1. The second kappa shape index (κ2) is 4.30. The molecule has 0 saturated heterocycles. The molecule has 0 aliphatic carbocycles. The van der Waals surface area contributed by atoms with Gasteiger partial charge >= 0.3 is 0 Å². The molecule has 0 aliphatic heterocycles. The molecule has 0 unspecified atom stereocenters. The van der Waals surface area contributed by atoms with E-state index in [4.69, 9.17) is 5.73 Å². The first-order valence-corrected chi connectivity index (χ1v) is 4.21. The highest BCUT2D eigenvalue weighted by atomic mass is 19.1. The van der Waals surface area contributed by atoms with Gasteiger partial charge in [-0.25, -0.2) is 4.39 Å². The monoisotopic (exact) mass is 184 g/mol. The molecule has 13 heavy (non-hydrogen) atoms. The Balaban J connectivity index is 2.88. The molecule has 72 valence electrons. The minimum atomic E-state index is -1.02. The number of aliphatic hydroxyl groups excluding tert-OH is 1. The third-order valence-corrected chi connectivity index (χ3v) is 1.94. The first-order valence-electron chi connectivity index (χ1n) is 4.21. The first-order chi connectivity index (χ1) is 6.16. The third-order valence-electron chi connectivity index (χ3n) is 1.94. The van der Waals surface area contributed by atoms with Crippen LogP contribution in [0.5, 0.6) is 0 Å². The second-order valence-electron chi connectivity index (χ2n) is 2.89. The summed E-state index contributed by atoms with van der Waals surface area (Å²) in [7, 11) is 0. The Morgan fingerprint density at radius 1 is 1.69 bits per heavy atom. The molecule has 0 fully saturated rings. The van der Waals surface area contributed by atoms with E-state index in [2.05, 4.69) is 4.98 Å². The van der Waals surface area contributed by atoms with E-state index in [-0.39, 0.29) is 5.69 Å². The molecule has 2 atom stereocenters. The lowest BCUT2D eigenvalue weighted by Crippen LogP contribution is -2.28. The van der Waals surface area contributed by atoms with Crippen LogP contribution in [-0.4, -0.2) is 16.1 Å². The molecule has 1 rings (SSSR count). The van der Waals surface area contributed by atoms with E-state index in [1.54, 1.807) is 0 Å². The van der Waals surface area contributed by atoms with E-state index in [9.17, 15) is 9.50 Å². The predicted molar refractivity (Wildman–Crippen MR) is 47.4 cm³/mol. The highest BCUT2D eigenvalue weighted by Crippen LogP contribution is 2.17. The van der Waals surface area contributed by atoms with Gasteiger partial charge in [0.15, 0.2) is 0 Å². The fourth-order valence-corrected chi connectivity index (χ4v) is 1.04. The van der Waals surface area contributed by atoms with E-state index in [1.165, 1.54) is 18.3 Å². The van der Waals surface area contributed by atoms with Crippen LogP contribution < -0.4 is 5.73 Å². The molecular weight excluding hydrogens is 171 g/mol.